The van der Waals surface area contributed by atoms with Gasteiger partial charge in [-0.15, -0.1) is 0 Å². The number of nitrogens with one attached hydrogen (secondary N) is 6. The number of nitrogens with zero attached hydrogens (tertiary/aromatic N) is 1. The molecule has 16 heteroatoms. The van der Waals surface area contributed by atoms with Gasteiger partial charge >= 0.3 is 0 Å². The topological polar surface area (TPSA) is 250 Å². The van der Waals surface area contributed by atoms with Gasteiger partial charge < -0.3 is 47.8 Å². The van der Waals surface area contributed by atoms with Gasteiger partial charge in [0, 0.05) is 83.7 Å². The normalized spacial score (nSPS) is 13.3. The molecular formula is C43H46ClN9O6. The average molecular weight is 820 g/mol. The summed E-state index contributed by atoms with van der Waals surface area (Å²) in [5.41, 5.74) is 15.7. The van der Waals surface area contributed by atoms with E-state index in [1.54, 1.807) is 73.3 Å². The maximum atomic E-state index is 14.4. The lowest BCUT2D eigenvalue weighted by Crippen LogP contribution is -2.59. The number of primary amides is 1. The summed E-state index contributed by atoms with van der Waals surface area (Å²) in [4.78, 5) is 78.9. The number of hydrogen-bond acceptors (Lipinski definition) is 8. The van der Waals surface area contributed by atoms with E-state index in [2.05, 4.69) is 36.2 Å². The first-order valence-corrected chi connectivity index (χ1v) is 19.5. The van der Waals surface area contributed by atoms with Crippen molar-refractivity contribution in [3.05, 3.63) is 131 Å². The molecule has 0 fully saturated rings. The molecular weight excluding hydrogens is 774 g/mol. The lowest BCUT2D eigenvalue weighted by molar-refractivity contribution is -0.134. The van der Waals surface area contributed by atoms with E-state index < -0.39 is 53.7 Å². The number of nitrogens with two attached hydrogens (primary N) is 2. The molecule has 0 aliphatic carbocycles. The third kappa shape index (κ3) is 11.2. The number of amides is 5. The van der Waals surface area contributed by atoms with Crippen molar-refractivity contribution in [1.29, 1.82) is 0 Å². The molecule has 0 bridgehead atoms. The minimum Gasteiger partial charge on any atom is -0.508 e. The molecule has 59 heavy (non-hydrogen) atoms. The van der Waals surface area contributed by atoms with Crippen LogP contribution in [0.5, 0.6) is 5.75 Å². The highest BCUT2D eigenvalue weighted by atomic mass is 35.5. The van der Waals surface area contributed by atoms with Gasteiger partial charge in [0.2, 0.25) is 29.5 Å². The van der Waals surface area contributed by atoms with Crippen LogP contribution in [0.2, 0.25) is 5.02 Å². The molecule has 0 saturated heterocycles. The Labute approximate surface area is 344 Å². The molecule has 15 nitrogen and oxygen atoms in total. The van der Waals surface area contributed by atoms with Crippen LogP contribution in [0.3, 0.4) is 0 Å². The number of aromatic nitrogens is 3. The zero-order chi connectivity index (χ0) is 41.9. The van der Waals surface area contributed by atoms with Gasteiger partial charge in [-0.05, 0) is 83.8 Å². The predicted octanol–water partition coefficient (Wildman–Crippen LogP) is 2.84. The number of carbonyl (C=O) groups excluding carboxylic acids is 5. The summed E-state index contributed by atoms with van der Waals surface area (Å²) in [6.07, 6.45) is 7.10. The van der Waals surface area contributed by atoms with Crippen molar-refractivity contribution in [3.8, 4) is 5.75 Å². The van der Waals surface area contributed by atoms with Gasteiger partial charge in [0.15, 0.2) is 0 Å². The van der Waals surface area contributed by atoms with Crippen LogP contribution in [0.15, 0.2) is 104 Å². The highest BCUT2D eigenvalue weighted by Gasteiger charge is 2.32. The van der Waals surface area contributed by atoms with E-state index >= 15 is 0 Å². The van der Waals surface area contributed by atoms with Crippen LogP contribution in [0, 0.1) is 0 Å². The minimum absolute atomic E-state index is 0.00745. The number of rotatable bonds is 19. The number of phenolic OH excluding ortho intramolecular Hbond substituents is 1. The van der Waals surface area contributed by atoms with Crippen molar-refractivity contribution in [1.82, 2.24) is 36.2 Å². The van der Waals surface area contributed by atoms with E-state index in [0.717, 1.165) is 16.5 Å². The molecule has 6 rings (SSSR count). The second kappa shape index (κ2) is 19.6. The molecule has 3 aromatic heterocycles. The fraction of sp³-hybridized carbons (Fsp3) is 0.256. The molecule has 4 atom stereocenters. The van der Waals surface area contributed by atoms with Crippen LogP contribution in [0.1, 0.15) is 35.1 Å². The van der Waals surface area contributed by atoms with E-state index in [4.69, 9.17) is 23.1 Å². The van der Waals surface area contributed by atoms with Crippen LogP contribution in [-0.4, -0.2) is 80.3 Å². The van der Waals surface area contributed by atoms with Crippen molar-refractivity contribution in [2.45, 2.75) is 62.7 Å². The van der Waals surface area contributed by atoms with Gasteiger partial charge in [0.1, 0.15) is 29.9 Å². The van der Waals surface area contributed by atoms with E-state index in [0.29, 0.717) is 39.0 Å². The smallest absolute Gasteiger partial charge is 0.243 e. The molecule has 3 aromatic carbocycles. The standard InChI is InChI=1S/C43H46ClN9O6/c44-29-9-7-25(8-10-29)18-36(53-43(59)38(50-39(55)6-3-15-45)21-28-24-49-34-12-11-30(54)22-32(28)34)42(58)52-37(19-26-13-16-47-17-14-26)41(57)51-35(40(46)56)20-27-23-48-33-5-2-1-4-31(27)33/h1-2,4-5,7-14,16-17,22-24,35-38,48-49,54H,3,6,15,18-21,45H2,(H2,46,56)(H,50,55)(H,51,57)(H,52,58)(H,53,59)/t35-,36+,37?,38+/m1/s1. The first kappa shape index (κ1) is 41.9. The molecule has 306 valence electrons. The van der Waals surface area contributed by atoms with Crippen molar-refractivity contribution < 1.29 is 29.1 Å². The Hall–Kier alpha value is -6.71. The molecule has 0 aliphatic rings. The van der Waals surface area contributed by atoms with Crippen molar-refractivity contribution >= 4 is 62.9 Å². The summed E-state index contributed by atoms with van der Waals surface area (Å²) in [6.45, 7) is 0.271. The Morgan fingerprint density at radius 3 is 1.83 bits per heavy atom. The Morgan fingerprint density at radius 2 is 1.20 bits per heavy atom. The van der Waals surface area contributed by atoms with Crippen molar-refractivity contribution in [2.75, 3.05) is 6.54 Å². The Morgan fingerprint density at radius 1 is 0.661 bits per heavy atom. The molecule has 0 spiro atoms. The lowest BCUT2D eigenvalue weighted by Gasteiger charge is -2.26. The molecule has 3 heterocycles. The fourth-order valence-corrected chi connectivity index (χ4v) is 7.01. The molecule has 1 unspecified atom stereocenters. The molecule has 0 radical (unpaired) electrons. The number of para-hydroxylation sites is 1. The summed E-state index contributed by atoms with van der Waals surface area (Å²) in [5.74, 6) is -3.21. The van der Waals surface area contributed by atoms with Gasteiger partial charge in [-0.25, -0.2) is 0 Å². The largest absolute Gasteiger partial charge is 0.508 e. The van der Waals surface area contributed by atoms with Gasteiger partial charge in [0.05, 0.1) is 0 Å². The number of aromatic amines is 2. The van der Waals surface area contributed by atoms with E-state index in [9.17, 15) is 29.1 Å². The van der Waals surface area contributed by atoms with Crippen LogP contribution in [-0.2, 0) is 49.7 Å². The minimum atomic E-state index is -1.26. The second-order valence-corrected chi connectivity index (χ2v) is 14.7. The summed E-state index contributed by atoms with van der Waals surface area (Å²) in [7, 11) is 0. The highest BCUT2D eigenvalue weighted by Crippen LogP contribution is 2.24. The number of pyridine rings is 1. The van der Waals surface area contributed by atoms with Crippen molar-refractivity contribution in [3.63, 3.8) is 0 Å². The van der Waals surface area contributed by atoms with Gasteiger partial charge in [-0.3, -0.25) is 29.0 Å². The maximum Gasteiger partial charge on any atom is 0.243 e. The molecule has 0 aliphatic heterocycles. The van der Waals surface area contributed by atoms with Crippen molar-refractivity contribution in [2.24, 2.45) is 11.5 Å². The Balaban J connectivity index is 1.27. The van der Waals surface area contributed by atoms with Crippen LogP contribution >= 0.6 is 11.6 Å². The van der Waals surface area contributed by atoms with E-state index in [-0.39, 0.29) is 44.4 Å². The summed E-state index contributed by atoms with van der Waals surface area (Å²) in [6, 6.07) is 17.6. The first-order chi connectivity index (χ1) is 28.5. The van der Waals surface area contributed by atoms with Crippen LogP contribution in [0.25, 0.3) is 21.8 Å². The maximum absolute atomic E-state index is 14.4. The number of carbonyl (C=O) groups is 5. The molecule has 5 amide bonds. The Bertz CT molecular complexity index is 2420. The fourth-order valence-electron chi connectivity index (χ4n) is 6.88. The molecule has 11 N–H and O–H groups in total. The summed E-state index contributed by atoms with van der Waals surface area (Å²) >= 11 is 6.16. The van der Waals surface area contributed by atoms with E-state index in [1.807, 2.05) is 24.3 Å². The number of halogens is 1. The monoisotopic (exact) mass is 819 g/mol. The van der Waals surface area contributed by atoms with Gasteiger partial charge in [-0.2, -0.15) is 0 Å². The molecule has 6 aromatic rings. The SMILES string of the molecule is NCCCC(=O)N[C@@H](Cc1c[nH]c2ccc(O)cc12)C(=O)N[C@@H](Cc1ccc(Cl)cc1)C(=O)NC(Cc1ccncc1)C(=O)N[C@H](Cc1c[nH]c2ccccc12)C(N)=O. The summed E-state index contributed by atoms with van der Waals surface area (Å²) in [5, 5.41) is 23.3. The second-order valence-electron chi connectivity index (χ2n) is 14.3. The lowest BCUT2D eigenvalue weighted by atomic mass is 10.00. The number of H-pyrrole nitrogens is 2. The third-order valence-corrected chi connectivity index (χ3v) is 10.3. The van der Waals surface area contributed by atoms with Crippen LogP contribution < -0.4 is 32.7 Å². The number of hydrogen-bond donors (Lipinski definition) is 9. The van der Waals surface area contributed by atoms with Gasteiger partial charge in [0.25, 0.3) is 0 Å². The zero-order valence-corrected chi connectivity index (χ0v) is 32.8. The number of aromatic hydroxyl groups is 1. The average Bonchev–Trinajstić information content (AvgIpc) is 3.83. The first-order valence-electron chi connectivity index (χ1n) is 19.1. The quantitative estimate of drug-likeness (QED) is 0.0587. The number of fused-ring (bicyclic) bond motifs is 2. The van der Waals surface area contributed by atoms with Gasteiger partial charge in [-0.1, -0.05) is 41.9 Å². The van der Waals surface area contributed by atoms with Crippen LogP contribution in [0.4, 0.5) is 0 Å². The number of benzene rings is 3. The third-order valence-electron chi connectivity index (χ3n) is 10.0. The van der Waals surface area contributed by atoms with E-state index in [1.165, 1.54) is 6.07 Å². The highest BCUT2D eigenvalue weighted by molar-refractivity contribution is 6.30. The number of phenols is 1. The Kier molecular flexibility index (Phi) is 13.9. The predicted molar refractivity (Wildman–Crippen MR) is 224 cm³/mol. The molecule has 0 saturated carbocycles. The zero-order valence-electron chi connectivity index (χ0n) is 32.0. The summed E-state index contributed by atoms with van der Waals surface area (Å²) < 4.78 is 0.